The van der Waals surface area contributed by atoms with E-state index in [2.05, 4.69) is 318 Å². The van der Waals surface area contributed by atoms with Crippen molar-refractivity contribution >= 4 is 96.1 Å². The van der Waals surface area contributed by atoms with Gasteiger partial charge >= 0.3 is 0 Å². The molecule has 0 radical (unpaired) electrons. The Kier molecular flexibility index (Phi) is 12.3. The van der Waals surface area contributed by atoms with E-state index in [4.69, 9.17) is 0 Å². The Labute approximate surface area is 477 Å². The maximum absolute atomic E-state index is 2.58. The predicted molar refractivity (Wildman–Crippen MR) is 348 cm³/mol. The highest BCUT2D eigenvalue weighted by Crippen LogP contribution is 2.48. The molecule has 0 amide bonds. The highest BCUT2D eigenvalue weighted by atomic mass is 15.2. The van der Waals surface area contributed by atoms with Gasteiger partial charge in [-0.3, -0.25) is 0 Å². The number of benzene rings is 9. The van der Waals surface area contributed by atoms with Crippen LogP contribution < -0.4 is 31.1 Å². The van der Waals surface area contributed by atoms with E-state index in [-0.39, 0.29) is 33.8 Å². The normalized spacial score (nSPS) is 13.7. The van der Waals surface area contributed by atoms with Crippen molar-refractivity contribution in [3.63, 3.8) is 0 Å². The van der Waals surface area contributed by atoms with Gasteiger partial charge in [0, 0.05) is 67.6 Å². The third-order valence-corrected chi connectivity index (χ3v) is 17.2. The molecule has 4 nitrogen and oxygen atoms in total. The molecule has 5 heteroatoms. The van der Waals surface area contributed by atoms with Crippen LogP contribution in [0.3, 0.4) is 0 Å². The van der Waals surface area contributed by atoms with Crippen LogP contribution in [0.1, 0.15) is 137 Å². The van der Waals surface area contributed by atoms with Gasteiger partial charge in [-0.25, -0.2) is 0 Å². The van der Waals surface area contributed by atoms with Gasteiger partial charge < -0.3 is 19.3 Å². The summed E-state index contributed by atoms with van der Waals surface area (Å²) < 4.78 is 2.46. The van der Waals surface area contributed by atoms with Crippen LogP contribution >= 0.6 is 0 Å². The van der Waals surface area contributed by atoms with Crippen LogP contribution in [0.25, 0.3) is 27.5 Å². The number of hydrogen-bond acceptors (Lipinski definition) is 3. The van der Waals surface area contributed by atoms with E-state index in [9.17, 15) is 0 Å². The monoisotopic (exact) mass is 1050 g/mol. The Bertz CT molecular complexity index is 4010. The van der Waals surface area contributed by atoms with E-state index < -0.39 is 0 Å². The molecule has 0 N–H and O–H groups in total. The molecule has 0 spiro atoms. The lowest BCUT2D eigenvalue weighted by atomic mass is 9.33. The lowest BCUT2D eigenvalue weighted by Crippen LogP contribution is -2.61. The lowest BCUT2D eigenvalue weighted by molar-refractivity contribution is 0.590. The summed E-state index contributed by atoms with van der Waals surface area (Å²) in [5.74, 6) is 0. The van der Waals surface area contributed by atoms with Gasteiger partial charge in [-0.1, -0.05) is 195 Å². The number of rotatable bonds is 6. The number of anilines is 9. The molecule has 0 bridgehead atoms. The molecular formula is C75H79BN4. The van der Waals surface area contributed by atoms with Gasteiger partial charge in [0.1, 0.15) is 0 Å². The van der Waals surface area contributed by atoms with Gasteiger partial charge in [-0.2, -0.15) is 0 Å². The molecule has 0 fully saturated rings. The molecule has 0 atom stereocenters. The van der Waals surface area contributed by atoms with Crippen LogP contribution in [0.2, 0.25) is 0 Å². The maximum atomic E-state index is 2.58. The second-order valence-electron chi connectivity index (χ2n) is 28.2. The van der Waals surface area contributed by atoms with Gasteiger partial charge in [0.05, 0.1) is 11.0 Å². The van der Waals surface area contributed by atoms with Gasteiger partial charge in [0.2, 0.25) is 0 Å². The average molecular weight is 1050 g/mol. The molecule has 0 saturated carbocycles. The largest absolute Gasteiger partial charge is 0.311 e. The Hall–Kier alpha value is -7.76. The number of fused-ring (bicyclic) bond motifs is 7. The fourth-order valence-corrected chi connectivity index (χ4v) is 12.5. The zero-order chi connectivity index (χ0) is 56.6. The minimum Gasteiger partial charge on any atom is -0.311 e. The van der Waals surface area contributed by atoms with Crippen LogP contribution in [0.4, 0.5) is 51.2 Å². The summed E-state index contributed by atoms with van der Waals surface area (Å²) >= 11 is 0. The number of hydrogen-bond donors (Lipinski definition) is 0. The van der Waals surface area contributed by atoms with Gasteiger partial charge in [0.25, 0.3) is 6.71 Å². The van der Waals surface area contributed by atoms with Crippen LogP contribution in [0.5, 0.6) is 0 Å². The van der Waals surface area contributed by atoms with Gasteiger partial charge in [0.15, 0.2) is 0 Å². The van der Waals surface area contributed by atoms with E-state index in [1.54, 1.807) is 0 Å². The molecule has 2 aliphatic heterocycles. The minimum absolute atomic E-state index is 0.000369. The van der Waals surface area contributed by atoms with Gasteiger partial charge in [-0.05, 0) is 181 Å². The van der Waals surface area contributed by atoms with Crippen molar-refractivity contribution in [1.82, 2.24) is 4.57 Å². The second kappa shape index (κ2) is 18.7. The molecule has 1 aromatic heterocycles. The van der Waals surface area contributed by atoms with Gasteiger partial charge in [-0.15, -0.1) is 0 Å². The first-order valence-electron chi connectivity index (χ1n) is 29.0. The first-order chi connectivity index (χ1) is 37.7. The third-order valence-electron chi connectivity index (χ3n) is 17.2. The van der Waals surface area contributed by atoms with Crippen molar-refractivity contribution in [3.8, 4) is 5.69 Å². The summed E-state index contributed by atoms with van der Waals surface area (Å²) in [5.41, 5.74) is 25.8. The summed E-state index contributed by atoms with van der Waals surface area (Å²) in [6, 6.07) is 72.8. The zero-order valence-corrected chi connectivity index (χ0v) is 50.3. The number of para-hydroxylation sites is 1. The quantitative estimate of drug-likeness (QED) is 0.154. The van der Waals surface area contributed by atoms with Crippen molar-refractivity contribution in [2.24, 2.45) is 0 Å². The Morgan fingerprint density at radius 2 is 0.713 bits per heavy atom. The van der Waals surface area contributed by atoms with Crippen LogP contribution in [-0.4, -0.2) is 11.3 Å². The first-order valence-corrected chi connectivity index (χ1v) is 29.0. The smallest absolute Gasteiger partial charge is 0.252 e. The standard InChI is InChI=1S/C75H79BN4/c1-48-43-68-70-69(44-48)80(57-36-27-52(28-37-57)74(11,12)13)67-47-59(39-42-63(67)76(70)62-41-29-53(75(14,15)16)45-66(62)79(68)56-34-25-51(26-35-56)73(8,9)10)77(54-30-21-49(22-31-54)71(2,3)4)58-38-40-61-60-19-17-18-20-64(60)78(65(61)46-58)55-32-23-50(24-33-55)72(5,6)7/h17-47H,1-16H3. The number of nitrogens with zero attached hydrogens (tertiary/aromatic N) is 4. The molecule has 0 unspecified atom stereocenters. The molecule has 3 heterocycles. The van der Waals surface area contributed by atoms with E-state index in [0.29, 0.717) is 0 Å². The summed E-state index contributed by atoms with van der Waals surface area (Å²) in [6.07, 6.45) is 0. The molecule has 10 aromatic rings. The van der Waals surface area contributed by atoms with E-state index >= 15 is 0 Å². The van der Waals surface area contributed by atoms with Crippen molar-refractivity contribution in [2.45, 2.75) is 138 Å². The van der Waals surface area contributed by atoms with Crippen LogP contribution in [0, 0.1) is 6.92 Å². The summed E-state index contributed by atoms with van der Waals surface area (Å²) in [7, 11) is 0. The Morgan fingerprint density at radius 3 is 1.21 bits per heavy atom. The molecule has 12 rings (SSSR count). The van der Waals surface area contributed by atoms with Crippen molar-refractivity contribution < 1.29 is 0 Å². The Balaban J connectivity index is 1.12. The van der Waals surface area contributed by atoms with Crippen molar-refractivity contribution in [2.75, 3.05) is 14.7 Å². The lowest BCUT2D eigenvalue weighted by Gasteiger charge is -2.45. The molecule has 402 valence electrons. The summed E-state index contributed by atoms with van der Waals surface area (Å²) in [5, 5.41) is 2.48. The summed E-state index contributed by atoms with van der Waals surface area (Å²) in [4.78, 5) is 7.63. The van der Waals surface area contributed by atoms with E-state index in [0.717, 1.165) is 28.4 Å². The fourth-order valence-electron chi connectivity index (χ4n) is 12.5. The molecule has 0 saturated heterocycles. The van der Waals surface area contributed by atoms with Crippen LogP contribution in [0.15, 0.2) is 188 Å². The van der Waals surface area contributed by atoms with E-state index in [1.165, 1.54) is 100 Å². The topological polar surface area (TPSA) is 14.7 Å². The van der Waals surface area contributed by atoms with Crippen molar-refractivity contribution in [1.29, 1.82) is 0 Å². The Morgan fingerprint density at radius 1 is 0.325 bits per heavy atom. The van der Waals surface area contributed by atoms with Crippen molar-refractivity contribution in [3.05, 3.63) is 221 Å². The maximum Gasteiger partial charge on any atom is 0.252 e. The minimum atomic E-state index is -0.0486. The molecule has 9 aromatic carbocycles. The number of aromatic nitrogens is 1. The molecule has 80 heavy (non-hydrogen) atoms. The van der Waals surface area contributed by atoms with Crippen LogP contribution in [-0.2, 0) is 27.1 Å². The molecular weight excluding hydrogens is 968 g/mol. The predicted octanol–water partition coefficient (Wildman–Crippen LogP) is 19.1. The van der Waals surface area contributed by atoms with E-state index in [1.807, 2.05) is 0 Å². The molecule has 0 aliphatic carbocycles. The second-order valence-corrected chi connectivity index (χ2v) is 28.2. The number of aryl methyl sites for hydroxylation is 1. The summed E-state index contributed by atoms with van der Waals surface area (Å²) in [6.45, 7) is 36.8. The molecule has 2 aliphatic rings. The highest BCUT2D eigenvalue weighted by Gasteiger charge is 2.44. The first kappa shape index (κ1) is 52.9. The SMILES string of the molecule is Cc1cc2c3c(c1)N(c1ccc(C(C)(C)C)cc1)c1cc(C(C)(C)C)ccc1B3c1ccc(N(c3ccc(C(C)(C)C)cc3)c3ccc4c5ccccc5n(-c5ccc(C(C)(C)C)cc5)c4c3)cc1N2c1ccc(C(C)(C)C)cc1. The third kappa shape index (κ3) is 9.11. The highest BCUT2D eigenvalue weighted by molar-refractivity contribution is 7.00. The average Bonchev–Trinajstić information content (AvgIpc) is 3.62. The fraction of sp³-hybridized carbons (Fsp3) is 0.280. The zero-order valence-electron chi connectivity index (χ0n) is 50.3.